The van der Waals surface area contributed by atoms with E-state index in [-0.39, 0.29) is 18.1 Å². The first-order valence-corrected chi connectivity index (χ1v) is 6.57. The van der Waals surface area contributed by atoms with Gasteiger partial charge in [0.25, 0.3) is 0 Å². The number of ether oxygens (including phenoxy) is 1. The van der Waals surface area contributed by atoms with Crippen molar-refractivity contribution in [2.45, 2.75) is 20.1 Å². The van der Waals surface area contributed by atoms with Gasteiger partial charge in [0.2, 0.25) is 0 Å². The van der Waals surface area contributed by atoms with Crippen LogP contribution in [0, 0.1) is 12.7 Å². The van der Waals surface area contributed by atoms with Crippen molar-refractivity contribution in [3.05, 3.63) is 58.4 Å². The van der Waals surface area contributed by atoms with Gasteiger partial charge in [-0.1, -0.05) is 17.7 Å². The molecule has 0 bridgehead atoms. The second-order valence-corrected chi connectivity index (χ2v) is 4.88. The highest BCUT2D eigenvalue weighted by atomic mass is 35.5. The van der Waals surface area contributed by atoms with Crippen LogP contribution in [0.25, 0.3) is 0 Å². The maximum absolute atomic E-state index is 13.2. The van der Waals surface area contributed by atoms with Crippen molar-refractivity contribution in [3.8, 4) is 5.75 Å². The van der Waals surface area contributed by atoms with Crippen molar-refractivity contribution in [2.24, 2.45) is 0 Å². The summed E-state index contributed by atoms with van der Waals surface area (Å²) in [4.78, 5) is 0. The summed E-state index contributed by atoms with van der Waals surface area (Å²) in [7, 11) is 0. The van der Waals surface area contributed by atoms with E-state index in [4.69, 9.17) is 11.6 Å². The third-order valence-electron chi connectivity index (χ3n) is 2.91. The lowest BCUT2D eigenvalue weighted by Gasteiger charge is -2.14. The minimum atomic E-state index is -2.92. The summed E-state index contributed by atoms with van der Waals surface area (Å²) >= 11 is 5.86. The van der Waals surface area contributed by atoms with Gasteiger partial charge in [0.15, 0.2) is 0 Å². The summed E-state index contributed by atoms with van der Waals surface area (Å²) in [6.07, 6.45) is 0. The summed E-state index contributed by atoms with van der Waals surface area (Å²) < 4.78 is 42.4. The molecule has 0 amide bonds. The third-order valence-corrected chi connectivity index (χ3v) is 3.14. The summed E-state index contributed by atoms with van der Waals surface area (Å²) in [5.41, 5.74) is 1.89. The van der Waals surface area contributed by atoms with Crippen LogP contribution < -0.4 is 10.1 Å². The first kappa shape index (κ1) is 15.5. The van der Waals surface area contributed by atoms with Crippen LogP contribution >= 0.6 is 11.6 Å². The zero-order chi connectivity index (χ0) is 15.4. The number of alkyl halides is 2. The molecule has 6 heteroatoms. The van der Waals surface area contributed by atoms with Gasteiger partial charge < -0.3 is 10.1 Å². The Hall–Kier alpha value is -1.88. The predicted molar refractivity (Wildman–Crippen MR) is 76.5 cm³/mol. The van der Waals surface area contributed by atoms with Gasteiger partial charge in [-0.3, -0.25) is 0 Å². The molecule has 0 saturated heterocycles. The molecule has 0 aliphatic carbocycles. The lowest BCUT2D eigenvalue weighted by molar-refractivity contribution is -0.0504. The van der Waals surface area contributed by atoms with E-state index in [1.54, 1.807) is 6.07 Å². The quantitative estimate of drug-likeness (QED) is 0.838. The molecule has 1 N–H and O–H groups in total. The molecule has 0 aromatic heterocycles. The lowest BCUT2D eigenvalue weighted by atomic mass is 10.1. The van der Waals surface area contributed by atoms with Gasteiger partial charge in [0, 0.05) is 22.8 Å². The van der Waals surface area contributed by atoms with Crippen molar-refractivity contribution in [1.82, 2.24) is 0 Å². The van der Waals surface area contributed by atoms with E-state index in [1.807, 2.05) is 6.92 Å². The topological polar surface area (TPSA) is 21.3 Å². The van der Waals surface area contributed by atoms with Crippen molar-refractivity contribution in [2.75, 3.05) is 5.32 Å². The lowest BCUT2D eigenvalue weighted by Crippen LogP contribution is -2.08. The number of benzene rings is 2. The van der Waals surface area contributed by atoms with Gasteiger partial charge in [0.05, 0.1) is 0 Å². The monoisotopic (exact) mass is 315 g/mol. The molecular formula is C15H13ClF3NO. The summed E-state index contributed by atoms with van der Waals surface area (Å²) in [6, 6.07) is 8.70. The molecule has 0 spiro atoms. The fourth-order valence-corrected chi connectivity index (χ4v) is 2.07. The molecule has 0 unspecified atom stereocenters. The highest BCUT2D eigenvalue weighted by Gasteiger charge is 2.11. The number of halogens is 4. The Balaban J connectivity index is 2.18. The van der Waals surface area contributed by atoms with Crippen molar-refractivity contribution in [3.63, 3.8) is 0 Å². The second kappa shape index (κ2) is 6.72. The molecule has 2 rings (SSSR count). The number of rotatable bonds is 5. The normalized spacial score (nSPS) is 10.8. The van der Waals surface area contributed by atoms with Gasteiger partial charge in [-0.15, -0.1) is 0 Å². The minimum Gasteiger partial charge on any atom is -0.434 e. The van der Waals surface area contributed by atoms with Gasteiger partial charge in [-0.25, -0.2) is 4.39 Å². The van der Waals surface area contributed by atoms with Crippen LogP contribution in [-0.4, -0.2) is 6.61 Å². The Morgan fingerprint density at radius 2 is 1.95 bits per heavy atom. The summed E-state index contributed by atoms with van der Waals surface area (Å²) in [5, 5.41) is 3.39. The number of hydrogen-bond acceptors (Lipinski definition) is 2. The molecule has 21 heavy (non-hydrogen) atoms. The van der Waals surface area contributed by atoms with Gasteiger partial charge in [-0.05, 0) is 42.8 Å². The first-order valence-electron chi connectivity index (χ1n) is 6.19. The predicted octanol–water partition coefficient (Wildman–Crippen LogP) is 5.00. The smallest absolute Gasteiger partial charge is 0.387 e. The van der Waals surface area contributed by atoms with Gasteiger partial charge in [-0.2, -0.15) is 8.78 Å². The largest absolute Gasteiger partial charge is 0.434 e. The summed E-state index contributed by atoms with van der Waals surface area (Å²) in [6.45, 7) is -0.913. The van der Waals surface area contributed by atoms with Gasteiger partial charge in [0.1, 0.15) is 11.6 Å². The van der Waals surface area contributed by atoms with E-state index in [0.717, 1.165) is 5.56 Å². The highest BCUT2D eigenvalue weighted by Crippen LogP contribution is 2.26. The van der Waals surface area contributed by atoms with Crippen LogP contribution in [0.15, 0.2) is 36.4 Å². The standard InChI is InChI=1S/C15H13ClF3NO/c1-9-2-4-12(17)7-13(9)20-8-10-6-11(16)3-5-14(10)21-15(18)19/h2-7,15,20H,8H2,1H3. The maximum atomic E-state index is 13.2. The van der Waals surface area contributed by atoms with E-state index in [1.165, 1.54) is 30.3 Å². The van der Waals surface area contributed by atoms with Crippen LogP contribution in [0.5, 0.6) is 5.75 Å². The van der Waals surface area contributed by atoms with E-state index >= 15 is 0 Å². The molecule has 0 fully saturated rings. The average molecular weight is 316 g/mol. The van der Waals surface area contributed by atoms with Crippen molar-refractivity contribution < 1.29 is 17.9 Å². The number of aryl methyl sites for hydroxylation is 1. The summed E-state index contributed by atoms with van der Waals surface area (Å²) in [5.74, 6) is -0.339. The fraction of sp³-hybridized carbons (Fsp3) is 0.200. The van der Waals surface area contributed by atoms with E-state index in [0.29, 0.717) is 16.3 Å². The third kappa shape index (κ3) is 4.29. The molecule has 2 aromatic carbocycles. The van der Waals surface area contributed by atoms with Crippen LogP contribution in [0.4, 0.5) is 18.9 Å². The van der Waals surface area contributed by atoms with Crippen LogP contribution in [0.1, 0.15) is 11.1 Å². The highest BCUT2D eigenvalue weighted by molar-refractivity contribution is 6.30. The molecule has 0 aliphatic heterocycles. The van der Waals surface area contributed by atoms with Crippen molar-refractivity contribution in [1.29, 1.82) is 0 Å². The Bertz CT molecular complexity index is 634. The Morgan fingerprint density at radius 3 is 2.67 bits per heavy atom. The Labute approximate surface area is 125 Å². The molecule has 0 aliphatic rings. The molecule has 112 valence electrons. The minimum absolute atomic E-state index is 0.0379. The van der Waals surface area contributed by atoms with Crippen LogP contribution in [-0.2, 0) is 6.54 Å². The molecule has 0 radical (unpaired) electrons. The molecular weight excluding hydrogens is 303 g/mol. The zero-order valence-electron chi connectivity index (χ0n) is 11.2. The van der Waals surface area contributed by atoms with E-state index in [9.17, 15) is 13.2 Å². The van der Waals surface area contributed by atoms with E-state index < -0.39 is 6.61 Å². The molecule has 2 aromatic rings. The molecule has 0 saturated carbocycles. The maximum Gasteiger partial charge on any atom is 0.387 e. The number of hydrogen-bond donors (Lipinski definition) is 1. The second-order valence-electron chi connectivity index (χ2n) is 4.44. The fourth-order valence-electron chi connectivity index (χ4n) is 1.87. The number of anilines is 1. The average Bonchev–Trinajstić information content (AvgIpc) is 2.42. The van der Waals surface area contributed by atoms with Crippen LogP contribution in [0.2, 0.25) is 5.02 Å². The molecule has 0 heterocycles. The SMILES string of the molecule is Cc1ccc(F)cc1NCc1cc(Cl)ccc1OC(F)F. The van der Waals surface area contributed by atoms with Crippen molar-refractivity contribution >= 4 is 17.3 Å². The molecule has 0 atom stereocenters. The Kier molecular flexibility index (Phi) is 4.96. The van der Waals surface area contributed by atoms with Crippen LogP contribution in [0.3, 0.4) is 0 Å². The Morgan fingerprint density at radius 1 is 1.19 bits per heavy atom. The van der Waals surface area contributed by atoms with E-state index in [2.05, 4.69) is 10.1 Å². The van der Waals surface area contributed by atoms with Gasteiger partial charge >= 0.3 is 6.61 Å². The number of nitrogens with one attached hydrogen (secondary N) is 1. The first-order chi connectivity index (χ1) is 9.95. The molecule has 2 nitrogen and oxygen atoms in total. The zero-order valence-corrected chi connectivity index (χ0v) is 11.9.